The molecule has 0 aliphatic heterocycles. The van der Waals surface area contributed by atoms with E-state index in [0.29, 0.717) is 24.1 Å². The molecule has 22 heavy (non-hydrogen) atoms. The number of aliphatic hydroxyl groups is 1. The molecule has 4 rings (SSSR count). The van der Waals surface area contributed by atoms with Crippen LogP contribution in [0.3, 0.4) is 0 Å². The van der Waals surface area contributed by atoms with Gasteiger partial charge in [-0.05, 0) is 30.5 Å². The Morgan fingerprint density at radius 3 is 2.32 bits per heavy atom. The number of aliphatic hydroxyl groups excluding tert-OH is 1. The molecule has 0 radical (unpaired) electrons. The smallest absolute Gasteiger partial charge is 0.222 e. The van der Waals surface area contributed by atoms with E-state index in [9.17, 15) is 10.2 Å². The van der Waals surface area contributed by atoms with Crippen LogP contribution in [0.1, 0.15) is 24.2 Å². The average molecular weight is 292 g/mol. The van der Waals surface area contributed by atoms with Gasteiger partial charge in [-0.1, -0.05) is 42.5 Å². The minimum absolute atomic E-state index is 0.00250. The molecule has 110 valence electrons. The quantitative estimate of drug-likeness (QED) is 0.762. The lowest BCUT2D eigenvalue weighted by Gasteiger charge is -2.44. The summed E-state index contributed by atoms with van der Waals surface area (Å²) in [6.45, 7) is 0. The second-order valence-electron chi connectivity index (χ2n) is 5.90. The maximum absolute atomic E-state index is 10.2. The van der Waals surface area contributed by atoms with E-state index in [1.807, 2.05) is 48.5 Å². The monoisotopic (exact) mass is 292 g/mol. The third-order valence-electron chi connectivity index (χ3n) is 4.51. The molecule has 0 atom stereocenters. The fraction of sp³-hybridized carbons (Fsp3) is 0.222. The zero-order valence-corrected chi connectivity index (χ0v) is 12.0. The summed E-state index contributed by atoms with van der Waals surface area (Å²) in [5.74, 6) is 0.581. The van der Waals surface area contributed by atoms with Crippen molar-refractivity contribution in [2.24, 2.45) is 0 Å². The van der Waals surface area contributed by atoms with Crippen molar-refractivity contribution in [1.82, 2.24) is 9.97 Å². The molecule has 1 aromatic heterocycles. The molecule has 1 saturated carbocycles. The maximum Gasteiger partial charge on any atom is 0.222 e. The van der Waals surface area contributed by atoms with Crippen LogP contribution in [-0.4, -0.2) is 26.3 Å². The highest BCUT2D eigenvalue weighted by atomic mass is 16.3. The number of hydrogen-bond donors (Lipinski definition) is 2. The summed E-state index contributed by atoms with van der Waals surface area (Å²) in [5, 5.41) is 20.8. The van der Waals surface area contributed by atoms with Crippen molar-refractivity contribution in [3.8, 4) is 5.88 Å². The molecule has 0 saturated heterocycles. The number of benzene rings is 2. The van der Waals surface area contributed by atoms with Crippen molar-refractivity contribution >= 4 is 10.9 Å². The lowest BCUT2D eigenvalue weighted by Crippen LogP contribution is -2.46. The Kier molecular flexibility index (Phi) is 2.87. The summed E-state index contributed by atoms with van der Waals surface area (Å²) in [5.41, 5.74) is 1.39. The van der Waals surface area contributed by atoms with Gasteiger partial charge in [-0.15, -0.1) is 0 Å². The van der Waals surface area contributed by atoms with Crippen molar-refractivity contribution in [3.05, 3.63) is 66.0 Å². The average Bonchev–Trinajstić information content (AvgIpc) is 2.52. The summed E-state index contributed by atoms with van der Waals surface area (Å²) < 4.78 is 0. The van der Waals surface area contributed by atoms with Gasteiger partial charge >= 0.3 is 0 Å². The third kappa shape index (κ3) is 1.88. The Morgan fingerprint density at radius 1 is 0.909 bits per heavy atom. The van der Waals surface area contributed by atoms with Crippen molar-refractivity contribution < 1.29 is 10.2 Å². The number of rotatable bonds is 2. The van der Waals surface area contributed by atoms with Gasteiger partial charge in [-0.25, -0.2) is 4.98 Å². The van der Waals surface area contributed by atoms with Crippen LogP contribution in [0.4, 0.5) is 0 Å². The zero-order chi connectivity index (χ0) is 15.2. The SMILES string of the molecule is Oc1nc([C@]2(c3ccccc3)C[C@H](O)C2)nc2ccccc12. The normalized spacial score (nSPS) is 24.1. The second-order valence-corrected chi connectivity index (χ2v) is 5.90. The van der Waals surface area contributed by atoms with Gasteiger partial charge < -0.3 is 10.2 Å². The van der Waals surface area contributed by atoms with Gasteiger partial charge in [0.15, 0.2) is 0 Å². The van der Waals surface area contributed by atoms with Gasteiger partial charge in [0.2, 0.25) is 5.88 Å². The van der Waals surface area contributed by atoms with Crippen LogP contribution in [0.15, 0.2) is 54.6 Å². The third-order valence-corrected chi connectivity index (χ3v) is 4.51. The molecule has 0 spiro atoms. The Hall–Kier alpha value is -2.46. The van der Waals surface area contributed by atoms with Crippen LogP contribution in [0.25, 0.3) is 10.9 Å². The fourth-order valence-electron chi connectivity index (χ4n) is 3.32. The first-order valence-electron chi connectivity index (χ1n) is 7.39. The first-order valence-corrected chi connectivity index (χ1v) is 7.39. The molecule has 0 unspecified atom stereocenters. The predicted molar refractivity (Wildman–Crippen MR) is 83.7 cm³/mol. The van der Waals surface area contributed by atoms with Crippen LogP contribution < -0.4 is 0 Å². The molecular weight excluding hydrogens is 276 g/mol. The number of aromatic hydroxyl groups is 1. The highest BCUT2D eigenvalue weighted by molar-refractivity contribution is 5.83. The maximum atomic E-state index is 10.2. The lowest BCUT2D eigenvalue weighted by molar-refractivity contribution is 0.0335. The molecule has 0 amide bonds. The van der Waals surface area contributed by atoms with Crippen LogP contribution in [0.5, 0.6) is 5.88 Å². The van der Waals surface area contributed by atoms with E-state index in [1.54, 1.807) is 6.07 Å². The van der Waals surface area contributed by atoms with E-state index < -0.39 is 5.41 Å². The molecule has 1 aliphatic carbocycles. The summed E-state index contributed by atoms with van der Waals surface area (Å²) >= 11 is 0. The molecule has 1 aliphatic rings. The number of nitrogens with zero attached hydrogens (tertiary/aromatic N) is 2. The molecule has 4 nitrogen and oxygen atoms in total. The molecule has 1 fully saturated rings. The predicted octanol–water partition coefficient (Wildman–Crippen LogP) is 2.78. The van der Waals surface area contributed by atoms with E-state index in [2.05, 4.69) is 9.97 Å². The van der Waals surface area contributed by atoms with E-state index in [1.165, 1.54) is 0 Å². The van der Waals surface area contributed by atoms with Crippen molar-refractivity contribution in [2.75, 3.05) is 0 Å². The Balaban J connectivity index is 1.91. The van der Waals surface area contributed by atoms with Crippen LogP contribution in [-0.2, 0) is 5.41 Å². The number of para-hydroxylation sites is 1. The van der Waals surface area contributed by atoms with Crippen LogP contribution in [0, 0.1) is 0 Å². The topological polar surface area (TPSA) is 66.2 Å². The molecule has 2 aromatic carbocycles. The number of aromatic nitrogens is 2. The van der Waals surface area contributed by atoms with E-state index >= 15 is 0 Å². The van der Waals surface area contributed by atoms with Gasteiger partial charge in [0.1, 0.15) is 5.82 Å². The summed E-state index contributed by atoms with van der Waals surface area (Å²) in [6.07, 6.45) is 0.807. The highest BCUT2D eigenvalue weighted by Crippen LogP contribution is 2.48. The summed E-state index contributed by atoms with van der Waals surface area (Å²) in [7, 11) is 0. The number of hydrogen-bond acceptors (Lipinski definition) is 4. The zero-order valence-electron chi connectivity index (χ0n) is 12.0. The standard InChI is InChI=1S/C18H16N2O2/c21-13-10-18(11-13,12-6-2-1-3-7-12)17-19-15-9-5-4-8-14(15)16(22)20-17/h1-9,13,21H,10-11H2,(H,19,20,22)/t13-,18+. The Bertz CT molecular complexity index is 827. The van der Waals surface area contributed by atoms with Crippen LogP contribution >= 0.6 is 0 Å². The van der Waals surface area contributed by atoms with Crippen molar-refractivity contribution in [2.45, 2.75) is 24.4 Å². The van der Waals surface area contributed by atoms with Gasteiger partial charge in [0, 0.05) is 0 Å². The van der Waals surface area contributed by atoms with E-state index in [4.69, 9.17) is 0 Å². The first-order chi connectivity index (χ1) is 10.7. The first kappa shape index (κ1) is 13.2. The molecule has 4 heteroatoms. The molecule has 0 bridgehead atoms. The van der Waals surface area contributed by atoms with Gasteiger partial charge in [-0.3, -0.25) is 0 Å². The van der Waals surface area contributed by atoms with Crippen molar-refractivity contribution in [3.63, 3.8) is 0 Å². The van der Waals surface area contributed by atoms with E-state index in [-0.39, 0.29) is 12.0 Å². The summed E-state index contributed by atoms with van der Waals surface area (Å²) in [4.78, 5) is 9.00. The lowest BCUT2D eigenvalue weighted by atomic mass is 9.62. The van der Waals surface area contributed by atoms with Gasteiger partial charge in [0.05, 0.1) is 22.4 Å². The molecule has 2 N–H and O–H groups in total. The fourth-order valence-corrected chi connectivity index (χ4v) is 3.32. The minimum atomic E-state index is -0.414. The molecule has 3 aromatic rings. The Labute approximate surface area is 128 Å². The summed E-state index contributed by atoms with van der Waals surface area (Å²) in [6, 6.07) is 17.4. The molecule has 1 heterocycles. The minimum Gasteiger partial charge on any atom is -0.493 e. The highest BCUT2D eigenvalue weighted by Gasteiger charge is 2.48. The molecular formula is C18H16N2O2. The van der Waals surface area contributed by atoms with Crippen LogP contribution in [0.2, 0.25) is 0 Å². The van der Waals surface area contributed by atoms with Gasteiger partial charge in [-0.2, -0.15) is 4.98 Å². The van der Waals surface area contributed by atoms with E-state index in [0.717, 1.165) is 11.1 Å². The second kappa shape index (κ2) is 4.78. The largest absolute Gasteiger partial charge is 0.493 e. The number of fused-ring (bicyclic) bond motifs is 1. The van der Waals surface area contributed by atoms with Crippen molar-refractivity contribution in [1.29, 1.82) is 0 Å². The van der Waals surface area contributed by atoms with Gasteiger partial charge in [0.25, 0.3) is 0 Å². The Morgan fingerprint density at radius 2 is 1.59 bits per heavy atom.